The van der Waals surface area contributed by atoms with Crippen molar-refractivity contribution in [3.05, 3.63) is 60.7 Å². The molecule has 0 amide bonds. The second-order valence-corrected chi connectivity index (χ2v) is 16.9. The van der Waals surface area contributed by atoms with E-state index in [0.29, 0.717) is 0 Å². The van der Waals surface area contributed by atoms with Crippen molar-refractivity contribution in [1.29, 1.82) is 0 Å². The van der Waals surface area contributed by atoms with Crippen LogP contribution in [0.2, 0.25) is 5.04 Å². The lowest BCUT2D eigenvalue weighted by Crippen LogP contribution is -2.68. The first kappa shape index (κ1) is 22.9. The molecule has 0 heterocycles. The molecule has 0 saturated carbocycles. The van der Waals surface area contributed by atoms with E-state index >= 15 is 0 Å². The minimum Gasteiger partial charge on any atom is -0.481 e. The monoisotopic (exact) mass is 438 g/mol. The first-order valence-electron chi connectivity index (χ1n) is 9.22. The van der Waals surface area contributed by atoms with Gasteiger partial charge in [0.1, 0.15) is 0 Å². The van der Waals surface area contributed by atoms with Crippen molar-refractivity contribution in [2.24, 2.45) is 0 Å². The van der Waals surface area contributed by atoms with Crippen molar-refractivity contribution in [1.82, 2.24) is 0 Å². The minimum atomic E-state index is -2.99. The normalized spacial score (nSPS) is 15.6. The Labute approximate surface area is 173 Å². The fraction of sp³-hybridized carbons (Fsp3) is 0.381. The molecule has 0 radical (unpaired) electrons. The number of hydrogen-bond acceptors (Lipinski definition) is 3. The van der Waals surface area contributed by atoms with Gasteiger partial charge in [0.05, 0.1) is 12.5 Å². The number of hydrogen-bond donors (Lipinski definition) is 1. The van der Waals surface area contributed by atoms with Crippen LogP contribution in [0.5, 0.6) is 0 Å². The first-order valence-corrected chi connectivity index (χ1v) is 14.4. The molecule has 0 aromatic heterocycles. The largest absolute Gasteiger partial charge is 0.481 e. The van der Waals surface area contributed by atoms with Crippen molar-refractivity contribution < 1.29 is 18.9 Å². The molecule has 2 aromatic carbocycles. The van der Waals surface area contributed by atoms with Gasteiger partial charge in [-0.15, -0.1) is 0 Å². The predicted molar refractivity (Wildman–Crippen MR) is 119 cm³/mol. The standard InChI is InChI=1S/C21H28ClO4PSi/c1-21(2,3)28(18-11-7-5-8-12-18,19-13-9-6-10-14-19)26-17(15-20(23)24)16-27(4,22)25/h5-14,17H,15-16H2,1-4H3,(H,23,24)/t17-,27?/m0/s1. The Hall–Kier alpha value is -1.39. The lowest BCUT2D eigenvalue weighted by Gasteiger charge is -2.45. The highest BCUT2D eigenvalue weighted by molar-refractivity contribution is 7.88. The summed E-state index contributed by atoms with van der Waals surface area (Å²) in [5.74, 6) is -0.993. The maximum atomic E-state index is 12.3. The van der Waals surface area contributed by atoms with E-state index in [2.05, 4.69) is 20.8 Å². The highest BCUT2D eigenvalue weighted by Crippen LogP contribution is 2.49. The van der Waals surface area contributed by atoms with Crippen molar-refractivity contribution in [3.63, 3.8) is 0 Å². The van der Waals surface area contributed by atoms with Crippen LogP contribution >= 0.6 is 17.7 Å². The third-order valence-corrected chi connectivity index (χ3v) is 11.3. The lowest BCUT2D eigenvalue weighted by molar-refractivity contribution is -0.138. The number of carboxylic acids is 1. The van der Waals surface area contributed by atoms with E-state index in [1.807, 2.05) is 60.7 Å². The molecule has 0 aliphatic rings. The second-order valence-electron chi connectivity index (χ2n) is 8.17. The average Bonchev–Trinajstić information content (AvgIpc) is 2.58. The van der Waals surface area contributed by atoms with Crippen molar-refractivity contribution in [3.8, 4) is 0 Å². The van der Waals surface area contributed by atoms with Crippen molar-refractivity contribution in [2.75, 3.05) is 12.8 Å². The Morgan fingerprint density at radius 2 is 1.50 bits per heavy atom. The SMILES string of the molecule is CC(C)(C)[Si](O[C@@H](CC(=O)O)CP(C)(=O)Cl)(c1ccccc1)c1ccccc1. The van der Waals surface area contributed by atoms with E-state index in [4.69, 9.17) is 15.7 Å². The molecule has 2 aromatic rings. The van der Waals surface area contributed by atoms with E-state index in [1.54, 1.807) is 0 Å². The number of aliphatic carboxylic acids is 1. The van der Waals surface area contributed by atoms with Crippen LogP contribution in [0.1, 0.15) is 27.2 Å². The summed E-state index contributed by atoms with van der Waals surface area (Å²) in [6.07, 6.45) is -0.961. The summed E-state index contributed by atoms with van der Waals surface area (Å²) in [6.45, 7) is 4.81. The van der Waals surface area contributed by atoms with Crippen molar-refractivity contribution >= 4 is 42.4 Å². The summed E-state index contributed by atoms with van der Waals surface area (Å²) < 4.78 is 19.1. The summed E-state index contributed by atoms with van der Waals surface area (Å²) in [4.78, 5) is 11.5. The molecule has 0 spiro atoms. The number of carboxylic acid groups (broad SMARTS) is 1. The van der Waals surface area contributed by atoms with Crippen LogP contribution < -0.4 is 10.4 Å². The van der Waals surface area contributed by atoms with Gasteiger partial charge in [-0.3, -0.25) is 4.79 Å². The molecule has 28 heavy (non-hydrogen) atoms. The van der Waals surface area contributed by atoms with Crippen LogP contribution in [0.3, 0.4) is 0 Å². The van der Waals surface area contributed by atoms with Gasteiger partial charge in [0, 0.05) is 12.8 Å². The molecular weight excluding hydrogens is 411 g/mol. The Morgan fingerprint density at radius 1 is 1.07 bits per heavy atom. The zero-order valence-corrected chi connectivity index (χ0v) is 19.4. The van der Waals surface area contributed by atoms with Gasteiger partial charge in [-0.2, -0.15) is 0 Å². The predicted octanol–water partition coefficient (Wildman–Crippen LogP) is 4.55. The molecule has 4 nitrogen and oxygen atoms in total. The summed E-state index contributed by atoms with van der Waals surface area (Å²) in [5, 5.41) is 11.2. The van der Waals surface area contributed by atoms with Gasteiger partial charge in [-0.25, -0.2) is 0 Å². The van der Waals surface area contributed by atoms with Crippen LogP contribution in [0.4, 0.5) is 0 Å². The van der Waals surface area contributed by atoms with Gasteiger partial charge in [-0.05, 0) is 15.4 Å². The van der Waals surface area contributed by atoms with Crippen LogP contribution in [0.25, 0.3) is 0 Å². The van der Waals surface area contributed by atoms with E-state index in [1.165, 1.54) is 6.66 Å². The minimum absolute atomic E-state index is 0.0192. The third-order valence-electron chi connectivity index (χ3n) is 4.69. The van der Waals surface area contributed by atoms with E-state index in [-0.39, 0.29) is 17.6 Å². The van der Waals surface area contributed by atoms with Gasteiger partial charge >= 0.3 is 5.97 Å². The second kappa shape index (κ2) is 8.96. The van der Waals surface area contributed by atoms with E-state index in [9.17, 15) is 14.5 Å². The van der Waals surface area contributed by atoms with Gasteiger partial charge in [0.15, 0.2) is 6.49 Å². The molecule has 7 heteroatoms. The molecule has 1 N–H and O–H groups in total. The summed E-state index contributed by atoms with van der Waals surface area (Å²) in [7, 11) is -2.92. The fourth-order valence-corrected chi connectivity index (χ4v) is 9.86. The smallest absolute Gasteiger partial charge is 0.305 e. The van der Waals surface area contributed by atoms with Crippen LogP contribution in [-0.4, -0.2) is 38.3 Å². The molecule has 0 bridgehead atoms. The van der Waals surface area contributed by atoms with E-state index < -0.39 is 26.9 Å². The van der Waals surface area contributed by atoms with Gasteiger partial charge in [-0.1, -0.05) is 92.7 Å². The zero-order valence-electron chi connectivity index (χ0n) is 16.8. The number of rotatable bonds is 8. The van der Waals surface area contributed by atoms with Gasteiger partial charge < -0.3 is 14.1 Å². The molecule has 2 atom stereocenters. The third kappa shape index (κ3) is 5.57. The average molecular weight is 439 g/mol. The Bertz CT molecular complexity index is 791. The van der Waals surface area contributed by atoms with Gasteiger partial charge in [0.25, 0.3) is 8.32 Å². The summed E-state index contributed by atoms with van der Waals surface area (Å²) in [6, 6.07) is 19.9. The van der Waals surface area contributed by atoms with Crippen LogP contribution in [-0.2, 0) is 13.8 Å². The van der Waals surface area contributed by atoms with Gasteiger partial charge in [0.2, 0.25) is 0 Å². The molecule has 152 valence electrons. The van der Waals surface area contributed by atoms with Crippen molar-refractivity contribution in [2.45, 2.75) is 38.3 Å². The maximum absolute atomic E-state index is 12.3. The number of benzene rings is 2. The Balaban J connectivity index is 2.69. The molecule has 1 unspecified atom stereocenters. The van der Waals surface area contributed by atoms with E-state index in [0.717, 1.165) is 10.4 Å². The lowest BCUT2D eigenvalue weighted by atomic mass is 10.2. The number of halogens is 1. The number of carbonyl (C=O) groups is 1. The molecule has 0 aliphatic carbocycles. The highest BCUT2D eigenvalue weighted by atomic mass is 35.7. The molecule has 0 aliphatic heterocycles. The molecule has 0 fully saturated rings. The quantitative estimate of drug-likeness (QED) is 0.485. The summed E-state index contributed by atoms with van der Waals surface area (Å²) in [5.41, 5.74) is 0. The highest BCUT2D eigenvalue weighted by Gasteiger charge is 2.51. The Kier molecular flexibility index (Phi) is 7.32. The van der Waals surface area contributed by atoms with Crippen LogP contribution in [0.15, 0.2) is 60.7 Å². The zero-order chi connectivity index (χ0) is 21.0. The fourth-order valence-electron chi connectivity index (χ4n) is 3.64. The first-order chi connectivity index (χ1) is 13.0. The topological polar surface area (TPSA) is 63.6 Å². The maximum Gasteiger partial charge on any atom is 0.305 e. The summed E-state index contributed by atoms with van der Waals surface area (Å²) >= 11 is 6.04. The van der Waals surface area contributed by atoms with Crippen LogP contribution in [0, 0.1) is 0 Å². The Morgan fingerprint density at radius 3 is 1.82 bits per heavy atom. The molecule has 2 rings (SSSR count). The molecular formula is C21H28ClO4PSi. The molecule has 0 saturated heterocycles.